The maximum Gasteiger partial charge on any atom is 0.327 e. The third-order valence-corrected chi connectivity index (χ3v) is 5.96. The predicted molar refractivity (Wildman–Crippen MR) is 148 cm³/mol. The van der Waals surface area contributed by atoms with Crippen LogP contribution in [-0.4, -0.2) is 77.8 Å². The summed E-state index contributed by atoms with van der Waals surface area (Å²) in [7, 11) is 0. The van der Waals surface area contributed by atoms with Crippen molar-refractivity contribution in [1.82, 2.24) is 16.0 Å². The van der Waals surface area contributed by atoms with Gasteiger partial charge >= 0.3 is 5.97 Å². The highest BCUT2D eigenvalue weighted by molar-refractivity contribution is 7.80. The molecule has 0 aliphatic rings. The molecule has 0 fully saturated rings. The van der Waals surface area contributed by atoms with Gasteiger partial charge in [-0.2, -0.15) is 12.6 Å². The van der Waals surface area contributed by atoms with E-state index in [1.165, 1.54) is 0 Å². The van der Waals surface area contributed by atoms with Gasteiger partial charge < -0.3 is 44.0 Å². The first kappa shape index (κ1) is 32.7. The minimum atomic E-state index is -1.26. The van der Waals surface area contributed by atoms with E-state index >= 15 is 0 Å². The number of carboxylic acids is 1. The number of hydrogen-bond donors (Lipinski definition) is 9. The van der Waals surface area contributed by atoms with Gasteiger partial charge in [-0.15, -0.1) is 0 Å². The SMILES string of the molecule is NCCCCC(N)C(=O)NC(CCCN=C(N)N)C(=O)NC(Cc1ccccc1)C(=O)NC(CS)C(=O)O. The zero-order chi connectivity index (χ0) is 28.5. The minimum absolute atomic E-state index is 0.0879. The van der Waals surface area contributed by atoms with Gasteiger partial charge in [-0.25, -0.2) is 4.79 Å². The lowest BCUT2D eigenvalue weighted by molar-refractivity contribution is -0.141. The number of nitrogens with one attached hydrogen (secondary N) is 3. The Labute approximate surface area is 228 Å². The van der Waals surface area contributed by atoms with E-state index in [1.54, 1.807) is 30.3 Å². The van der Waals surface area contributed by atoms with E-state index in [-0.39, 0.29) is 31.1 Å². The molecule has 3 amide bonds. The van der Waals surface area contributed by atoms with Gasteiger partial charge in [0.25, 0.3) is 0 Å². The first-order valence-electron chi connectivity index (χ1n) is 12.4. The van der Waals surface area contributed by atoms with Gasteiger partial charge in [0.2, 0.25) is 17.7 Å². The second kappa shape index (κ2) is 18.0. The molecule has 0 heterocycles. The summed E-state index contributed by atoms with van der Waals surface area (Å²) in [5.41, 5.74) is 22.9. The number of rotatable bonds is 18. The van der Waals surface area contributed by atoms with Crippen molar-refractivity contribution in [1.29, 1.82) is 0 Å². The topological polar surface area (TPSA) is 241 Å². The number of nitrogens with zero attached hydrogens (tertiary/aromatic N) is 1. The molecule has 13 nitrogen and oxygen atoms in total. The number of unbranched alkanes of at least 4 members (excludes halogenated alkanes) is 1. The first-order valence-corrected chi connectivity index (χ1v) is 13.0. The van der Waals surface area contributed by atoms with Crippen LogP contribution in [0.3, 0.4) is 0 Å². The summed E-state index contributed by atoms with van der Waals surface area (Å²) < 4.78 is 0. The summed E-state index contributed by atoms with van der Waals surface area (Å²) in [5.74, 6) is -3.35. The highest BCUT2D eigenvalue weighted by Crippen LogP contribution is 2.07. The summed E-state index contributed by atoms with van der Waals surface area (Å²) in [6.07, 6.45) is 2.37. The lowest BCUT2D eigenvalue weighted by Crippen LogP contribution is -2.57. The molecule has 0 bridgehead atoms. The van der Waals surface area contributed by atoms with E-state index in [2.05, 4.69) is 33.6 Å². The number of amides is 3. The molecule has 212 valence electrons. The number of hydrogen-bond acceptors (Lipinski definition) is 8. The van der Waals surface area contributed by atoms with Crippen molar-refractivity contribution in [3.8, 4) is 0 Å². The summed E-state index contributed by atoms with van der Waals surface area (Å²) in [6, 6.07) is 4.65. The van der Waals surface area contributed by atoms with Gasteiger partial charge in [0, 0.05) is 18.7 Å². The molecule has 4 unspecified atom stereocenters. The second-order valence-corrected chi connectivity index (χ2v) is 9.10. The van der Waals surface area contributed by atoms with Crippen LogP contribution in [-0.2, 0) is 25.6 Å². The molecule has 4 atom stereocenters. The van der Waals surface area contributed by atoms with Crippen LogP contribution in [0, 0.1) is 0 Å². The number of benzene rings is 1. The van der Waals surface area contributed by atoms with Crippen molar-refractivity contribution in [2.24, 2.45) is 27.9 Å². The Kier molecular flexibility index (Phi) is 15.5. The molecule has 1 aromatic carbocycles. The van der Waals surface area contributed by atoms with E-state index in [0.717, 1.165) is 5.56 Å². The zero-order valence-electron chi connectivity index (χ0n) is 21.3. The Morgan fingerprint density at radius 3 is 2.05 bits per heavy atom. The van der Waals surface area contributed by atoms with Crippen molar-refractivity contribution >= 4 is 42.3 Å². The van der Waals surface area contributed by atoms with Gasteiger partial charge in [0.15, 0.2) is 5.96 Å². The summed E-state index contributed by atoms with van der Waals surface area (Å²) in [5, 5.41) is 17.0. The number of nitrogens with two attached hydrogens (primary N) is 4. The number of aliphatic carboxylic acids is 1. The Balaban J connectivity index is 3.07. The molecular weight excluding hydrogens is 512 g/mol. The lowest BCUT2D eigenvalue weighted by atomic mass is 10.0. The van der Waals surface area contributed by atoms with Crippen molar-refractivity contribution in [3.63, 3.8) is 0 Å². The smallest absolute Gasteiger partial charge is 0.327 e. The molecule has 0 aliphatic carbocycles. The number of carbonyl (C=O) groups excluding carboxylic acids is 3. The number of carbonyl (C=O) groups is 4. The molecule has 0 saturated carbocycles. The normalized spacial score (nSPS) is 13.9. The Bertz CT molecular complexity index is 930. The van der Waals surface area contributed by atoms with Crippen LogP contribution in [0.5, 0.6) is 0 Å². The molecule has 1 aromatic rings. The number of guanidine groups is 1. The summed E-state index contributed by atoms with van der Waals surface area (Å²) in [4.78, 5) is 54.3. The van der Waals surface area contributed by atoms with Gasteiger partial charge in [-0.3, -0.25) is 19.4 Å². The van der Waals surface area contributed by atoms with Crippen molar-refractivity contribution in [3.05, 3.63) is 35.9 Å². The standard InChI is InChI=1S/C24H40N8O5S/c25-11-5-4-9-16(26)20(33)30-17(10-6-12-29-24(27)28)21(34)31-18(13-15-7-2-1-3-8-15)22(35)32-19(14-38)23(36)37/h1-3,7-8,16-19,38H,4-6,9-14,25-26H2,(H,30,33)(H,31,34)(H,32,35)(H,36,37)(H4,27,28,29). The number of aliphatic imine (C=N–C) groups is 1. The van der Waals surface area contributed by atoms with Crippen LogP contribution in [0.4, 0.5) is 0 Å². The van der Waals surface area contributed by atoms with E-state index in [9.17, 15) is 24.3 Å². The highest BCUT2D eigenvalue weighted by atomic mass is 32.1. The van der Waals surface area contributed by atoms with Crippen molar-refractivity contribution < 1.29 is 24.3 Å². The maximum absolute atomic E-state index is 13.3. The van der Waals surface area contributed by atoms with Gasteiger partial charge in [0.05, 0.1) is 6.04 Å². The van der Waals surface area contributed by atoms with Crippen LogP contribution in [0.15, 0.2) is 35.3 Å². The van der Waals surface area contributed by atoms with E-state index in [4.69, 9.17) is 22.9 Å². The van der Waals surface area contributed by atoms with E-state index in [1.807, 2.05) is 0 Å². The van der Waals surface area contributed by atoms with Crippen LogP contribution in [0.25, 0.3) is 0 Å². The predicted octanol–water partition coefficient (Wildman–Crippen LogP) is -1.79. The molecule has 0 radical (unpaired) electrons. The molecule has 38 heavy (non-hydrogen) atoms. The summed E-state index contributed by atoms with van der Waals surface area (Å²) in [6.45, 7) is 0.700. The van der Waals surface area contributed by atoms with Crippen LogP contribution < -0.4 is 38.9 Å². The van der Waals surface area contributed by atoms with Crippen LogP contribution in [0.2, 0.25) is 0 Å². The van der Waals surface area contributed by atoms with Gasteiger partial charge in [-0.05, 0) is 37.8 Å². The molecule has 1 rings (SSSR count). The molecular formula is C24H40N8O5S. The van der Waals surface area contributed by atoms with Gasteiger partial charge in [0.1, 0.15) is 18.1 Å². The quantitative estimate of drug-likeness (QED) is 0.0431. The summed E-state index contributed by atoms with van der Waals surface area (Å²) >= 11 is 3.97. The lowest BCUT2D eigenvalue weighted by Gasteiger charge is -2.25. The van der Waals surface area contributed by atoms with Crippen molar-refractivity contribution in [2.45, 2.75) is 62.7 Å². The number of thiol groups is 1. The molecule has 0 saturated heterocycles. The maximum atomic E-state index is 13.3. The molecule has 0 spiro atoms. The van der Waals surface area contributed by atoms with E-state index < -0.39 is 47.9 Å². The van der Waals surface area contributed by atoms with Crippen LogP contribution >= 0.6 is 12.6 Å². The Morgan fingerprint density at radius 2 is 1.47 bits per heavy atom. The third kappa shape index (κ3) is 12.7. The molecule has 14 heteroatoms. The third-order valence-electron chi connectivity index (χ3n) is 5.60. The Morgan fingerprint density at radius 1 is 0.868 bits per heavy atom. The second-order valence-electron chi connectivity index (χ2n) is 8.73. The average molecular weight is 553 g/mol. The molecule has 0 aromatic heterocycles. The molecule has 0 aliphatic heterocycles. The van der Waals surface area contributed by atoms with E-state index in [0.29, 0.717) is 32.2 Å². The Hall–Kier alpha value is -3.36. The van der Waals surface area contributed by atoms with Crippen LogP contribution in [0.1, 0.15) is 37.7 Å². The fraction of sp³-hybridized carbons (Fsp3) is 0.542. The van der Waals surface area contributed by atoms with Crippen molar-refractivity contribution in [2.75, 3.05) is 18.8 Å². The fourth-order valence-corrected chi connectivity index (χ4v) is 3.73. The fourth-order valence-electron chi connectivity index (χ4n) is 3.48. The number of carboxylic acid groups (broad SMARTS) is 1. The zero-order valence-corrected chi connectivity index (χ0v) is 22.2. The minimum Gasteiger partial charge on any atom is -0.480 e. The monoisotopic (exact) mass is 552 g/mol. The highest BCUT2D eigenvalue weighted by Gasteiger charge is 2.30. The first-order chi connectivity index (χ1) is 18.1. The average Bonchev–Trinajstić information content (AvgIpc) is 2.88. The molecule has 12 N–H and O–H groups in total. The largest absolute Gasteiger partial charge is 0.480 e. The van der Waals surface area contributed by atoms with Gasteiger partial charge in [-0.1, -0.05) is 36.8 Å².